The largest absolute Gasteiger partial charge is 0.464 e. The molecule has 4 aliphatic heterocycles. The predicted molar refractivity (Wildman–Crippen MR) is 355 cm³/mol. The maximum Gasteiger partial charge on any atom is 0.459 e. The SMILES string of the molecule is CCC(=O)O[C@H]1[C@H](c2ccc3c(N)ncnn23)O[C@](C#N)(CO[P@@](=O)(N[C@@H](C)C(=O)OCC2CCOCC2)Oc2ccccc2)[C@H]1OC(=O)CC.CCC(=O)O[C@H]1[C@H](c2ccc3c(N)ncnn23)O[C@](C#N)(CO[P@](=O)(N[C@@H](C)C(=O)OCC2CCOCC2)Oc2ccccc2)[C@H]1OC(=O)CC. The van der Waals surface area contributed by atoms with Gasteiger partial charge < -0.3 is 67.9 Å². The van der Waals surface area contributed by atoms with E-state index in [0.29, 0.717) is 37.5 Å². The van der Waals surface area contributed by atoms with Crippen LogP contribution in [0.25, 0.3) is 11.0 Å². The molecular formula is C66H82N12O22P2. The molecule has 8 heterocycles. The number of hydrogen-bond acceptors (Lipinski definition) is 30. The molecule has 0 radical (unpaired) electrons. The lowest BCUT2D eigenvalue weighted by Crippen LogP contribution is -2.49. The summed E-state index contributed by atoms with van der Waals surface area (Å²) < 4.78 is 112. The molecule has 6 aromatic rings. The Morgan fingerprint density at radius 2 is 0.912 bits per heavy atom. The Bertz CT molecular complexity index is 3820. The van der Waals surface area contributed by atoms with Crippen molar-refractivity contribution in [2.75, 3.05) is 64.3 Å². The summed E-state index contributed by atoms with van der Waals surface area (Å²) in [6, 6.07) is 24.1. The number of nitrogens with one attached hydrogen (secondary N) is 2. The molecule has 12 atom stereocenters. The quantitative estimate of drug-likeness (QED) is 0.0203. The number of carbonyl (C=O) groups is 6. The minimum atomic E-state index is -4.55. The monoisotopic (exact) mass is 1460 g/mol. The van der Waals surface area contributed by atoms with E-state index in [-0.39, 0.29) is 85.3 Å². The number of fused-ring (bicyclic) bond motifs is 2. The molecule has 4 fully saturated rings. The van der Waals surface area contributed by atoms with Crippen LogP contribution >= 0.6 is 15.5 Å². The van der Waals surface area contributed by atoms with E-state index in [0.717, 1.165) is 25.7 Å². The van der Waals surface area contributed by atoms with Crippen molar-refractivity contribution in [1.82, 2.24) is 39.4 Å². The predicted octanol–water partition coefficient (Wildman–Crippen LogP) is 6.88. The van der Waals surface area contributed by atoms with E-state index in [1.165, 1.54) is 59.8 Å². The van der Waals surface area contributed by atoms with Crippen LogP contribution in [-0.2, 0) is 94.3 Å². The molecule has 0 amide bonds. The molecule has 0 saturated carbocycles. The van der Waals surface area contributed by atoms with Crippen LogP contribution in [0.3, 0.4) is 0 Å². The van der Waals surface area contributed by atoms with Crippen LogP contribution < -0.4 is 30.7 Å². The number of nitriles is 2. The van der Waals surface area contributed by atoms with Gasteiger partial charge in [0.05, 0.1) is 24.6 Å². The lowest BCUT2D eigenvalue weighted by molar-refractivity contribution is -0.169. The van der Waals surface area contributed by atoms with Gasteiger partial charge in [0, 0.05) is 52.1 Å². The molecule has 548 valence electrons. The molecule has 6 N–H and O–H groups in total. The molecule has 2 aromatic carbocycles. The van der Waals surface area contributed by atoms with E-state index in [1.807, 2.05) is 12.1 Å². The van der Waals surface area contributed by atoms with Crippen LogP contribution in [0.15, 0.2) is 97.6 Å². The van der Waals surface area contributed by atoms with Crippen molar-refractivity contribution in [2.45, 2.75) is 153 Å². The Hall–Kier alpha value is -9.18. The van der Waals surface area contributed by atoms with Crippen molar-refractivity contribution in [3.63, 3.8) is 0 Å². The standard InChI is InChI=1S/2C33H41N6O11P/c2*1-4-26(40)47-29-28(24-11-12-25-31(35)36-20-37-39(24)25)49-33(18-34,30(29)48-27(41)5-2)19-46-51(43,50-23-9-7-6-8-10-23)38-21(3)32(42)45-17-22-13-15-44-16-14-22/h2*6-12,20-22,28-30H,4-5,13-17,19H2,1-3H3,(H,38,43)(H2,35,36,37)/t21-,28-,29-,30-,33+,51+;21-,28-,29-,30-,33+,51-/m00/s1. The molecule has 36 heteroatoms. The summed E-state index contributed by atoms with van der Waals surface area (Å²) in [6.45, 7) is 9.99. The average Bonchev–Trinajstić information content (AvgIpc) is 1.59. The summed E-state index contributed by atoms with van der Waals surface area (Å²) in [7, 11) is -9.11. The van der Waals surface area contributed by atoms with E-state index in [9.17, 15) is 48.4 Å². The first-order valence-electron chi connectivity index (χ1n) is 33.2. The summed E-state index contributed by atoms with van der Waals surface area (Å²) in [6.07, 6.45) is -3.43. The van der Waals surface area contributed by atoms with Crippen molar-refractivity contribution in [1.29, 1.82) is 10.5 Å². The number of benzene rings is 2. The number of ether oxygens (including phenoxy) is 10. The zero-order valence-corrected chi connectivity index (χ0v) is 58.7. The number of para-hydroxylation sites is 2. The highest BCUT2D eigenvalue weighted by Crippen LogP contribution is 2.52. The normalized spacial score (nSPS) is 23.8. The van der Waals surface area contributed by atoms with Gasteiger partial charge in [-0.2, -0.15) is 30.9 Å². The van der Waals surface area contributed by atoms with Gasteiger partial charge in [-0.3, -0.25) is 37.8 Å². The maximum atomic E-state index is 14.5. The second-order valence-corrected chi connectivity index (χ2v) is 27.4. The van der Waals surface area contributed by atoms with E-state index >= 15 is 0 Å². The molecular weight excluding hydrogens is 1370 g/mol. The molecule has 4 aromatic heterocycles. The molecule has 102 heavy (non-hydrogen) atoms. The van der Waals surface area contributed by atoms with Gasteiger partial charge in [-0.25, -0.2) is 28.1 Å². The molecule has 4 saturated heterocycles. The summed E-state index contributed by atoms with van der Waals surface area (Å²) in [4.78, 5) is 85.1. The van der Waals surface area contributed by atoms with Crippen LogP contribution in [0.1, 0.15) is 117 Å². The highest BCUT2D eigenvalue weighted by Gasteiger charge is 2.64. The average molecular weight is 1460 g/mol. The first kappa shape index (κ1) is 77.0. The first-order valence-corrected chi connectivity index (χ1v) is 36.3. The summed E-state index contributed by atoms with van der Waals surface area (Å²) in [5, 5.41) is 35.1. The van der Waals surface area contributed by atoms with Crippen molar-refractivity contribution >= 4 is 74.0 Å². The number of esters is 6. The number of rotatable bonds is 30. The smallest absolute Gasteiger partial charge is 0.459 e. The second-order valence-electron chi connectivity index (χ2n) is 24.0. The van der Waals surface area contributed by atoms with Crippen molar-refractivity contribution in [3.05, 3.63) is 109 Å². The molecule has 4 aliphatic rings. The number of carbonyl (C=O) groups excluding carboxylic acids is 6. The van der Waals surface area contributed by atoms with Crippen LogP contribution in [0.2, 0.25) is 0 Å². The van der Waals surface area contributed by atoms with Gasteiger partial charge >= 0.3 is 51.3 Å². The van der Waals surface area contributed by atoms with E-state index in [2.05, 4.69) is 30.3 Å². The van der Waals surface area contributed by atoms with E-state index in [4.69, 9.17) is 76.9 Å². The van der Waals surface area contributed by atoms with Gasteiger partial charge in [0.2, 0.25) is 11.2 Å². The van der Waals surface area contributed by atoms with Crippen molar-refractivity contribution in [3.8, 4) is 23.6 Å². The van der Waals surface area contributed by atoms with Crippen molar-refractivity contribution in [2.24, 2.45) is 11.8 Å². The third-order valence-electron chi connectivity index (χ3n) is 16.8. The molecule has 0 spiro atoms. The summed E-state index contributed by atoms with van der Waals surface area (Å²) in [5.41, 5.74) is 8.97. The fourth-order valence-corrected chi connectivity index (χ4v) is 14.3. The van der Waals surface area contributed by atoms with Crippen molar-refractivity contribution < 1.29 is 103 Å². The van der Waals surface area contributed by atoms with Crippen LogP contribution in [0.5, 0.6) is 11.5 Å². The van der Waals surface area contributed by atoms with Gasteiger partial charge in [0.1, 0.15) is 84.8 Å². The zero-order valence-electron chi connectivity index (χ0n) is 56.9. The van der Waals surface area contributed by atoms with Gasteiger partial charge in [-0.1, -0.05) is 64.1 Å². The Morgan fingerprint density at radius 1 is 0.559 bits per heavy atom. The second kappa shape index (κ2) is 35.1. The Balaban J connectivity index is 0.000000237. The third-order valence-corrected chi connectivity index (χ3v) is 20.1. The van der Waals surface area contributed by atoms with Gasteiger partial charge in [-0.15, -0.1) is 0 Å². The first-order chi connectivity index (χ1) is 49.0. The Labute approximate surface area is 586 Å². The van der Waals surface area contributed by atoms with Crippen LogP contribution in [0.4, 0.5) is 11.6 Å². The number of nitrogens with zero attached hydrogens (tertiary/aromatic N) is 8. The number of hydrogen-bond donors (Lipinski definition) is 4. The number of aromatic nitrogens is 6. The molecule has 0 bridgehead atoms. The molecule has 0 aliphatic carbocycles. The topological polar surface area (TPSA) is 450 Å². The lowest BCUT2D eigenvalue weighted by atomic mass is 9.95. The molecule has 0 unspecified atom stereocenters. The summed E-state index contributed by atoms with van der Waals surface area (Å²) >= 11 is 0. The Morgan fingerprint density at radius 3 is 1.25 bits per heavy atom. The summed E-state index contributed by atoms with van der Waals surface area (Å²) in [5.74, 6) is -3.48. The molecule has 10 rings (SSSR count). The van der Waals surface area contributed by atoms with Crippen LogP contribution in [0, 0.1) is 34.5 Å². The van der Waals surface area contributed by atoms with E-state index in [1.54, 1.807) is 88.4 Å². The van der Waals surface area contributed by atoms with Gasteiger partial charge in [0.25, 0.3) is 0 Å². The number of anilines is 2. The number of nitrogens with two attached hydrogens (primary N) is 2. The molecule has 34 nitrogen and oxygen atoms in total. The highest BCUT2D eigenvalue weighted by atomic mass is 31.2. The maximum absolute atomic E-state index is 14.5. The zero-order chi connectivity index (χ0) is 73.2. The minimum absolute atomic E-state index is 0.0513. The Kier molecular flexibility index (Phi) is 26.5. The highest BCUT2D eigenvalue weighted by molar-refractivity contribution is 7.52. The lowest BCUT2D eigenvalue weighted by Gasteiger charge is -2.30. The third kappa shape index (κ3) is 18.9. The van der Waals surface area contributed by atoms with Crippen LogP contribution in [-0.4, -0.2) is 166 Å². The van der Waals surface area contributed by atoms with E-state index < -0.39 is 124 Å². The fraction of sp³-hybridized carbons (Fsp3) is 0.515. The minimum Gasteiger partial charge on any atom is -0.464 e. The number of nitrogen functional groups attached to an aromatic ring is 2. The fourth-order valence-electron chi connectivity index (χ4n) is 11.2. The van der Waals surface area contributed by atoms with Gasteiger partial charge in [-0.05, 0) is 99.9 Å². The van der Waals surface area contributed by atoms with Gasteiger partial charge in [0.15, 0.2) is 36.1 Å².